The third-order valence-corrected chi connectivity index (χ3v) is 2.71. The Labute approximate surface area is 113 Å². The molecule has 1 aromatic carbocycles. The number of hydrogen-bond acceptors (Lipinski definition) is 3. The van der Waals surface area contributed by atoms with E-state index >= 15 is 0 Å². The summed E-state index contributed by atoms with van der Waals surface area (Å²) in [5.74, 6) is -0.0713. The third kappa shape index (κ3) is 5.09. The monoisotopic (exact) mass is 263 g/mol. The SMILES string of the molecule is CCC(=O)Nc1ccc(NC(=O)CCCN)cc1C. The number of carbonyl (C=O) groups excluding carboxylic acids is 2. The van der Waals surface area contributed by atoms with Crippen LogP contribution < -0.4 is 16.4 Å². The Bertz CT molecular complexity index is 458. The van der Waals surface area contributed by atoms with E-state index in [-0.39, 0.29) is 11.8 Å². The third-order valence-electron chi connectivity index (χ3n) is 2.71. The fourth-order valence-electron chi connectivity index (χ4n) is 1.61. The van der Waals surface area contributed by atoms with Crippen LogP contribution in [0.4, 0.5) is 11.4 Å². The molecule has 0 aliphatic rings. The molecule has 0 heterocycles. The van der Waals surface area contributed by atoms with Crippen LogP contribution in [0.5, 0.6) is 0 Å². The number of benzene rings is 1. The van der Waals surface area contributed by atoms with Crippen molar-refractivity contribution in [3.63, 3.8) is 0 Å². The molecule has 1 aromatic rings. The van der Waals surface area contributed by atoms with Crippen LogP contribution in [0.2, 0.25) is 0 Å². The van der Waals surface area contributed by atoms with Gasteiger partial charge in [0.15, 0.2) is 0 Å². The van der Waals surface area contributed by atoms with Gasteiger partial charge >= 0.3 is 0 Å². The molecule has 0 unspecified atom stereocenters. The van der Waals surface area contributed by atoms with Gasteiger partial charge < -0.3 is 16.4 Å². The smallest absolute Gasteiger partial charge is 0.224 e. The second-order valence-electron chi connectivity index (χ2n) is 4.37. The van der Waals surface area contributed by atoms with Gasteiger partial charge in [0.25, 0.3) is 0 Å². The van der Waals surface area contributed by atoms with E-state index in [2.05, 4.69) is 10.6 Å². The van der Waals surface area contributed by atoms with Gasteiger partial charge in [-0.05, 0) is 43.7 Å². The predicted molar refractivity (Wildman–Crippen MR) is 77.0 cm³/mol. The lowest BCUT2D eigenvalue weighted by molar-refractivity contribution is -0.116. The molecule has 5 heteroatoms. The van der Waals surface area contributed by atoms with E-state index < -0.39 is 0 Å². The molecule has 0 atom stereocenters. The fraction of sp³-hybridized carbons (Fsp3) is 0.429. The molecule has 104 valence electrons. The molecule has 0 bridgehead atoms. The van der Waals surface area contributed by atoms with Crippen molar-refractivity contribution in [2.24, 2.45) is 5.73 Å². The molecule has 4 N–H and O–H groups in total. The van der Waals surface area contributed by atoms with Gasteiger partial charge in [-0.1, -0.05) is 6.92 Å². The lowest BCUT2D eigenvalue weighted by atomic mass is 10.1. The van der Waals surface area contributed by atoms with E-state index in [4.69, 9.17) is 5.73 Å². The molecule has 0 saturated carbocycles. The molecule has 0 saturated heterocycles. The number of anilines is 2. The Morgan fingerprint density at radius 1 is 1.21 bits per heavy atom. The number of aryl methyl sites for hydroxylation is 1. The molecule has 0 spiro atoms. The van der Waals surface area contributed by atoms with E-state index in [1.54, 1.807) is 19.1 Å². The van der Waals surface area contributed by atoms with E-state index in [1.165, 1.54) is 0 Å². The summed E-state index contributed by atoms with van der Waals surface area (Å²) in [4.78, 5) is 22.9. The maximum absolute atomic E-state index is 11.6. The summed E-state index contributed by atoms with van der Waals surface area (Å²) in [6, 6.07) is 5.41. The van der Waals surface area contributed by atoms with Gasteiger partial charge in [-0.2, -0.15) is 0 Å². The molecular formula is C14H21N3O2. The Hall–Kier alpha value is -1.88. The van der Waals surface area contributed by atoms with Gasteiger partial charge in [0.2, 0.25) is 11.8 Å². The summed E-state index contributed by atoms with van der Waals surface area (Å²) < 4.78 is 0. The summed E-state index contributed by atoms with van der Waals surface area (Å²) in [6.45, 7) is 4.20. The molecule has 0 radical (unpaired) electrons. The maximum Gasteiger partial charge on any atom is 0.224 e. The first-order chi connectivity index (χ1) is 9.06. The first-order valence-corrected chi connectivity index (χ1v) is 6.47. The standard InChI is InChI=1S/C14H21N3O2/c1-3-13(18)17-12-7-6-11(9-10(12)2)16-14(19)5-4-8-15/h6-7,9H,3-5,8,15H2,1-2H3,(H,16,19)(H,17,18). The van der Waals surface area contributed by atoms with Gasteiger partial charge in [0.05, 0.1) is 0 Å². The molecule has 0 fully saturated rings. The molecule has 0 aromatic heterocycles. The minimum atomic E-state index is -0.0461. The van der Waals surface area contributed by atoms with Gasteiger partial charge in [-0.3, -0.25) is 9.59 Å². The quantitative estimate of drug-likeness (QED) is 0.734. The van der Waals surface area contributed by atoms with Crippen LogP contribution >= 0.6 is 0 Å². The van der Waals surface area contributed by atoms with Crippen molar-refractivity contribution in [2.45, 2.75) is 33.1 Å². The van der Waals surface area contributed by atoms with Crippen LogP contribution in [0.3, 0.4) is 0 Å². The predicted octanol–water partition coefficient (Wildman–Crippen LogP) is 2.02. The molecule has 0 aliphatic carbocycles. The molecule has 5 nitrogen and oxygen atoms in total. The first kappa shape index (κ1) is 15.2. The fourth-order valence-corrected chi connectivity index (χ4v) is 1.61. The minimum Gasteiger partial charge on any atom is -0.330 e. The van der Waals surface area contributed by atoms with Crippen LogP contribution in [-0.2, 0) is 9.59 Å². The summed E-state index contributed by atoms with van der Waals surface area (Å²) in [6.07, 6.45) is 1.54. The highest BCUT2D eigenvalue weighted by molar-refractivity contribution is 5.93. The Kier molecular flexibility index (Phi) is 6.02. The van der Waals surface area contributed by atoms with Crippen molar-refractivity contribution < 1.29 is 9.59 Å². The first-order valence-electron chi connectivity index (χ1n) is 6.47. The van der Waals surface area contributed by atoms with Gasteiger partial charge in [-0.15, -0.1) is 0 Å². The number of rotatable bonds is 6. The number of amides is 2. The van der Waals surface area contributed by atoms with Crippen molar-refractivity contribution in [3.05, 3.63) is 23.8 Å². The Morgan fingerprint density at radius 2 is 1.95 bits per heavy atom. The van der Waals surface area contributed by atoms with Gasteiger partial charge in [-0.25, -0.2) is 0 Å². The molecule has 0 aliphatic heterocycles. The van der Waals surface area contributed by atoms with Crippen molar-refractivity contribution in [1.82, 2.24) is 0 Å². The summed E-state index contributed by atoms with van der Waals surface area (Å²) in [5, 5.41) is 5.61. The van der Waals surface area contributed by atoms with Crippen LogP contribution in [0.15, 0.2) is 18.2 Å². The zero-order chi connectivity index (χ0) is 14.3. The van der Waals surface area contributed by atoms with Crippen LogP contribution in [0, 0.1) is 6.92 Å². The molecule has 19 heavy (non-hydrogen) atoms. The zero-order valence-corrected chi connectivity index (χ0v) is 11.5. The average Bonchev–Trinajstić information content (AvgIpc) is 2.39. The van der Waals surface area contributed by atoms with Gasteiger partial charge in [0.1, 0.15) is 0 Å². The second-order valence-corrected chi connectivity index (χ2v) is 4.37. The second kappa shape index (κ2) is 7.53. The van der Waals surface area contributed by atoms with E-state index in [1.807, 2.05) is 13.0 Å². The Morgan fingerprint density at radius 3 is 2.53 bits per heavy atom. The van der Waals surface area contributed by atoms with Crippen molar-refractivity contribution in [3.8, 4) is 0 Å². The normalized spacial score (nSPS) is 10.1. The van der Waals surface area contributed by atoms with E-state index in [9.17, 15) is 9.59 Å². The highest BCUT2D eigenvalue weighted by Crippen LogP contribution is 2.20. The summed E-state index contributed by atoms with van der Waals surface area (Å²) >= 11 is 0. The number of nitrogens with one attached hydrogen (secondary N) is 2. The highest BCUT2D eigenvalue weighted by atomic mass is 16.2. The zero-order valence-electron chi connectivity index (χ0n) is 11.5. The molecule has 2 amide bonds. The highest BCUT2D eigenvalue weighted by Gasteiger charge is 2.05. The average molecular weight is 263 g/mol. The Balaban J connectivity index is 2.66. The summed E-state index contributed by atoms with van der Waals surface area (Å²) in [5.41, 5.74) is 7.77. The van der Waals surface area contributed by atoms with Crippen molar-refractivity contribution >= 4 is 23.2 Å². The lowest BCUT2D eigenvalue weighted by Crippen LogP contribution is -2.14. The van der Waals surface area contributed by atoms with E-state index in [0.29, 0.717) is 25.8 Å². The van der Waals surface area contributed by atoms with E-state index in [0.717, 1.165) is 16.9 Å². The van der Waals surface area contributed by atoms with Crippen LogP contribution in [0.25, 0.3) is 0 Å². The number of nitrogens with two attached hydrogens (primary N) is 1. The largest absolute Gasteiger partial charge is 0.330 e. The topological polar surface area (TPSA) is 84.2 Å². The number of carbonyl (C=O) groups is 2. The summed E-state index contributed by atoms with van der Waals surface area (Å²) in [7, 11) is 0. The minimum absolute atomic E-state index is 0.0252. The maximum atomic E-state index is 11.6. The van der Waals surface area contributed by atoms with Crippen molar-refractivity contribution in [2.75, 3.05) is 17.2 Å². The van der Waals surface area contributed by atoms with Crippen LogP contribution in [0.1, 0.15) is 31.7 Å². The number of hydrogen-bond donors (Lipinski definition) is 3. The molecule has 1 rings (SSSR count). The molecular weight excluding hydrogens is 242 g/mol. The van der Waals surface area contributed by atoms with Gasteiger partial charge in [0, 0.05) is 24.2 Å². The van der Waals surface area contributed by atoms with Crippen molar-refractivity contribution in [1.29, 1.82) is 0 Å². The van der Waals surface area contributed by atoms with Crippen LogP contribution in [-0.4, -0.2) is 18.4 Å². The lowest BCUT2D eigenvalue weighted by Gasteiger charge is -2.10.